The summed E-state index contributed by atoms with van der Waals surface area (Å²) in [4.78, 5) is 9.80. The highest BCUT2D eigenvalue weighted by Gasteiger charge is 2.13. The van der Waals surface area contributed by atoms with Gasteiger partial charge in [0.1, 0.15) is 17.3 Å². The molecule has 2 aromatic carbocycles. The molecule has 0 aliphatic carbocycles. The molecule has 0 atom stereocenters. The number of nitrogens with zero attached hydrogens (tertiary/aromatic N) is 1. The third-order valence-corrected chi connectivity index (χ3v) is 2.63. The van der Waals surface area contributed by atoms with Gasteiger partial charge in [-0.05, 0) is 11.6 Å². The first-order valence-corrected chi connectivity index (χ1v) is 5.69. The summed E-state index contributed by atoms with van der Waals surface area (Å²) in [6.45, 7) is -0.266. The molecule has 0 fully saturated rings. The van der Waals surface area contributed by atoms with Gasteiger partial charge in [0, 0.05) is 24.7 Å². The molecule has 21 heavy (non-hydrogen) atoms. The Hall–Kier alpha value is -2.64. The van der Waals surface area contributed by atoms with E-state index in [0.29, 0.717) is 12.1 Å². The highest BCUT2D eigenvalue weighted by atomic mass is 19.1. The Morgan fingerprint density at radius 2 is 1.52 bits per heavy atom. The van der Waals surface area contributed by atoms with Crippen LogP contribution in [0.4, 0.5) is 28.9 Å². The van der Waals surface area contributed by atoms with Gasteiger partial charge in [-0.1, -0.05) is 0 Å². The molecule has 0 amide bonds. The lowest BCUT2D eigenvalue weighted by Crippen LogP contribution is -2.05. The molecule has 0 aliphatic rings. The van der Waals surface area contributed by atoms with Crippen LogP contribution < -0.4 is 5.32 Å². The third-order valence-electron chi connectivity index (χ3n) is 2.63. The molecule has 8 heteroatoms. The van der Waals surface area contributed by atoms with Crippen LogP contribution >= 0.6 is 0 Å². The van der Waals surface area contributed by atoms with Crippen molar-refractivity contribution in [3.05, 3.63) is 69.3 Å². The Kier molecular flexibility index (Phi) is 4.06. The standard InChI is InChI=1S/C13H8F4N2O2/c14-8-1-7(2-10(3-8)19(20)21)6-18-13-11(16)4-9(15)5-12(13)17/h1-5,18H,6H2. The van der Waals surface area contributed by atoms with E-state index in [0.717, 1.165) is 18.2 Å². The van der Waals surface area contributed by atoms with E-state index in [9.17, 15) is 27.7 Å². The molecule has 110 valence electrons. The zero-order valence-corrected chi connectivity index (χ0v) is 10.4. The molecule has 0 radical (unpaired) electrons. The molecule has 1 N–H and O–H groups in total. The lowest BCUT2D eigenvalue weighted by molar-refractivity contribution is -0.385. The van der Waals surface area contributed by atoms with Gasteiger partial charge in [0.05, 0.1) is 11.0 Å². The predicted molar refractivity (Wildman–Crippen MR) is 66.7 cm³/mol. The normalized spacial score (nSPS) is 10.5. The molecule has 0 saturated heterocycles. The minimum Gasteiger partial charge on any atom is -0.376 e. The van der Waals surface area contributed by atoms with Gasteiger partial charge in [0.25, 0.3) is 5.69 Å². The molecule has 0 aromatic heterocycles. The second-order valence-corrected chi connectivity index (χ2v) is 4.17. The van der Waals surface area contributed by atoms with Crippen LogP contribution in [0.2, 0.25) is 0 Å². The minimum atomic E-state index is -1.15. The predicted octanol–water partition coefficient (Wildman–Crippen LogP) is 3.76. The summed E-state index contributed by atoms with van der Waals surface area (Å²) >= 11 is 0. The maximum Gasteiger partial charge on any atom is 0.272 e. The van der Waals surface area contributed by atoms with Gasteiger partial charge in [-0.3, -0.25) is 10.1 Å². The number of halogens is 4. The average Bonchev–Trinajstić information content (AvgIpc) is 2.36. The van der Waals surface area contributed by atoms with Gasteiger partial charge in [-0.25, -0.2) is 17.6 Å². The maximum atomic E-state index is 13.4. The van der Waals surface area contributed by atoms with Crippen molar-refractivity contribution in [1.82, 2.24) is 0 Å². The van der Waals surface area contributed by atoms with Gasteiger partial charge in [-0.2, -0.15) is 0 Å². The first-order chi connectivity index (χ1) is 9.86. The molecular weight excluding hydrogens is 292 g/mol. The number of nitrogens with one attached hydrogen (secondary N) is 1. The van der Waals surface area contributed by atoms with Crippen LogP contribution in [-0.4, -0.2) is 4.92 Å². The van der Waals surface area contributed by atoms with Crippen LogP contribution in [0.15, 0.2) is 30.3 Å². The first kappa shape index (κ1) is 14.8. The smallest absolute Gasteiger partial charge is 0.272 e. The molecule has 0 saturated carbocycles. The maximum absolute atomic E-state index is 13.4. The summed E-state index contributed by atoms with van der Waals surface area (Å²) < 4.78 is 52.7. The van der Waals surface area contributed by atoms with Crippen LogP contribution in [0.25, 0.3) is 0 Å². The van der Waals surface area contributed by atoms with Crippen molar-refractivity contribution in [2.75, 3.05) is 5.32 Å². The summed E-state index contributed by atoms with van der Waals surface area (Å²) in [5.41, 5.74) is -0.958. The molecule has 0 bridgehead atoms. The van der Waals surface area contributed by atoms with Gasteiger partial charge in [0.15, 0.2) is 11.6 Å². The molecule has 0 spiro atoms. The number of non-ortho nitro benzene ring substituents is 1. The Morgan fingerprint density at radius 1 is 0.952 bits per heavy atom. The van der Waals surface area contributed by atoms with Gasteiger partial charge in [0.2, 0.25) is 0 Å². The fourth-order valence-corrected chi connectivity index (χ4v) is 1.74. The Morgan fingerprint density at radius 3 is 2.10 bits per heavy atom. The summed E-state index contributed by atoms with van der Waals surface area (Å²) in [7, 11) is 0. The van der Waals surface area contributed by atoms with Crippen LogP contribution in [-0.2, 0) is 6.54 Å². The summed E-state index contributed by atoms with van der Waals surface area (Å²) in [5.74, 6) is -4.23. The van der Waals surface area contributed by atoms with E-state index in [2.05, 4.69) is 5.32 Å². The van der Waals surface area contributed by atoms with Crippen LogP contribution in [0.1, 0.15) is 5.56 Å². The van der Waals surface area contributed by atoms with Crippen molar-refractivity contribution < 1.29 is 22.5 Å². The molecule has 0 unspecified atom stereocenters. The minimum absolute atomic E-state index is 0.116. The number of anilines is 1. The van der Waals surface area contributed by atoms with Gasteiger partial charge in [-0.15, -0.1) is 0 Å². The fourth-order valence-electron chi connectivity index (χ4n) is 1.74. The number of rotatable bonds is 4. The van der Waals surface area contributed by atoms with Gasteiger partial charge >= 0.3 is 0 Å². The average molecular weight is 300 g/mol. The van der Waals surface area contributed by atoms with E-state index in [1.807, 2.05) is 0 Å². The van der Waals surface area contributed by atoms with Gasteiger partial charge < -0.3 is 5.32 Å². The second kappa shape index (κ2) is 5.78. The van der Waals surface area contributed by atoms with Crippen LogP contribution in [0.3, 0.4) is 0 Å². The monoisotopic (exact) mass is 300 g/mol. The highest BCUT2D eigenvalue weighted by Crippen LogP contribution is 2.22. The number of nitro groups is 1. The fraction of sp³-hybridized carbons (Fsp3) is 0.0769. The summed E-state index contributed by atoms with van der Waals surface area (Å²) in [6.07, 6.45) is 0. The van der Waals surface area contributed by atoms with E-state index >= 15 is 0 Å². The third kappa shape index (κ3) is 3.47. The Balaban J connectivity index is 2.23. The quantitative estimate of drug-likeness (QED) is 0.531. The summed E-state index contributed by atoms with van der Waals surface area (Å²) in [6, 6.07) is 3.75. The SMILES string of the molecule is O=[N+]([O-])c1cc(F)cc(CNc2c(F)cc(F)cc2F)c1. The Labute approximate surface area is 116 Å². The number of hydrogen-bond donors (Lipinski definition) is 1. The van der Waals surface area contributed by atoms with E-state index in [-0.39, 0.29) is 12.1 Å². The van der Waals surface area contributed by atoms with E-state index in [4.69, 9.17) is 0 Å². The summed E-state index contributed by atoms with van der Waals surface area (Å²) in [5, 5.41) is 12.9. The van der Waals surface area contributed by atoms with Crippen molar-refractivity contribution in [3.8, 4) is 0 Å². The lowest BCUT2D eigenvalue weighted by atomic mass is 10.2. The first-order valence-electron chi connectivity index (χ1n) is 5.69. The zero-order valence-electron chi connectivity index (χ0n) is 10.4. The largest absolute Gasteiger partial charge is 0.376 e. The van der Waals surface area contributed by atoms with Crippen molar-refractivity contribution in [2.24, 2.45) is 0 Å². The van der Waals surface area contributed by atoms with Crippen LogP contribution in [0, 0.1) is 33.4 Å². The number of nitro benzene ring substituents is 1. The number of hydrogen-bond acceptors (Lipinski definition) is 3. The molecule has 2 aromatic rings. The van der Waals surface area contributed by atoms with Crippen LogP contribution in [0.5, 0.6) is 0 Å². The molecule has 0 aliphatic heterocycles. The topological polar surface area (TPSA) is 55.2 Å². The van der Waals surface area contributed by atoms with Crippen molar-refractivity contribution in [2.45, 2.75) is 6.54 Å². The zero-order chi connectivity index (χ0) is 15.6. The van der Waals surface area contributed by atoms with Crippen molar-refractivity contribution >= 4 is 11.4 Å². The molecular formula is C13H8F4N2O2. The molecule has 2 rings (SSSR count). The van der Waals surface area contributed by atoms with Crippen molar-refractivity contribution in [3.63, 3.8) is 0 Å². The lowest BCUT2D eigenvalue weighted by Gasteiger charge is -2.09. The molecule has 4 nitrogen and oxygen atoms in total. The second-order valence-electron chi connectivity index (χ2n) is 4.17. The van der Waals surface area contributed by atoms with E-state index in [1.165, 1.54) is 0 Å². The Bertz CT molecular complexity index is 684. The molecule has 0 heterocycles. The van der Waals surface area contributed by atoms with E-state index < -0.39 is 39.6 Å². The number of benzene rings is 2. The highest BCUT2D eigenvalue weighted by molar-refractivity contribution is 5.47. The van der Waals surface area contributed by atoms with E-state index in [1.54, 1.807) is 0 Å². The van der Waals surface area contributed by atoms with Crippen molar-refractivity contribution in [1.29, 1.82) is 0 Å².